The average Bonchev–Trinajstić information content (AvgIpc) is 2.60. The van der Waals surface area contributed by atoms with Crippen LogP contribution in [0.5, 0.6) is 0 Å². The Labute approximate surface area is 155 Å². The summed E-state index contributed by atoms with van der Waals surface area (Å²) < 4.78 is 11.8. The fourth-order valence-corrected chi connectivity index (χ4v) is 3.86. The standard InChI is InChI=1S/C21H29NO4/c1-2-25-21-17(12-7-13-23)18(15-8-6-9-15)14-19(26-21)20(24)22-16-10-4-3-5-11-16/h3-5,10-11,14-15,17-18,21,23H,2,6-9,12-13H2,1H3,(H,22,24)/t17-,18-,21-/m1/s1. The van der Waals surface area contributed by atoms with Crippen LogP contribution < -0.4 is 5.32 Å². The van der Waals surface area contributed by atoms with Crippen molar-refractivity contribution in [2.75, 3.05) is 18.5 Å². The number of hydrogen-bond acceptors (Lipinski definition) is 4. The Hall–Kier alpha value is -1.85. The summed E-state index contributed by atoms with van der Waals surface area (Å²) in [6.45, 7) is 2.63. The molecule has 1 aliphatic carbocycles. The van der Waals surface area contributed by atoms with Gasteiger partial charge in [-0.2, -0.15) is 0 Å². The highest BCUT2D eigenvalue weighted by Gasteiger charge is 2.42. The first-order valence-electron chi connectivity index (χ1n) is 9.70. The maximum Gasteiger partial charge on any atom is 0.290 e. The molecule has 1 amide bonds. The van der Waals surface area contributed by atoms with Gasteiger partial charge >= 0.3 is 0 Å². The minimum absolute atomic E-state index is 0.164. The molecule has 0 radical (unpaired) electrons. The van der Waals surface area contributed by atoms with Crippen molar-refractivity contribution in [3.8, 4) is 0 Å². The molecular weight excluding hydrogens is 330 g/mol. The maximum atomic E-state index is 12.7. The molecule has 2 N–H and O–H groups in total. The number of anilines is 1. The first kappa shape index (κ1) is 18.9. The third-order valence-electron chi connectivity index (χ3n) is 5.41. The first-order valence-corrected chi connectivity index (χ1v) is 9.70. The average molecular weight is 359 g/mol. The van der Waals surface area contributed by atoms with E-state index >= 15 is 0 Å². The number of allylic oxidation sites excluding steroid dienone is 1. The third-order valence-corrected chi connectivity index (χ3v) is 5.41. The van der Waals surface area contributed by atoms with Crippen molar-refractivity contribution in [3.05, 3.63) is 42.2 Å². The zero-order valence-corrected chi connectivity index (χ0v) is 15.4. The lowest BCUT2D eigenvalue weighted by atomic mass is 9.68. The van der Waals surface area contributed by atoms with Crippen molar-refractivity contribution >= 4 is 11.6 Å². The highest BCUT2D eigenvalue weighted by molar-refractivity contribution is 6.02. The van der Waals surface area contributed by atoms with Crippen LogP contribution in [0.3, 0.4) is 0 Å². The summed E-state index contributed by atoms with van der Waals surface area (Å²) >= 11 is 0. The van der Waals surface area contributed by atoms with Gasteiger partial charge in [0.25, 0.3) is 5.91 Å². The summed E-state index contributed by atoms with van der Waals surface area (Å²) in [4.78, 5) is 12.7. The number of rotatable bonds is 8. The Balaban J connectivity index is 1.79. The topological polar surface area (TPSA) is 67.8 Å². The summed E-state index contributed by atoms with van der Waals surface area (Å²) in [5.74, 6) is 1.14. The van der Waals surface area contributed by atoms with Gasteiger partial charge in [-0.05, 0) is 62.7 Å². The first-order chi connectivity index (χ1) is 12.7. The molecule has 2 aliphatic rings. The van der Waals surface area contributed by atoms with E-state index in [1.807, 2.05) is 43.3 Å². The SMILES string of the molecule is CCO[C@@H]1OC(C(=O)Nc2ccccc2)=C[C@H](C2CCC2)[C@H]1CCCO. The summed E-state index contributed by atoms with van der Waals surface area (Å²) in [5, 5.41) is 12.2. The number of carbonyl (C=O) groups excluding carboxylic acids is 1. The van der Waals surface area contributed by atoms with E-state index in [1.54, 1.807) is 0 Å². The Morgan fingerprint density at radius 1 is 1.31 bits per heavy atom. The minimum atomic E-state index is -0.432. The lowest BCUT2D eigenvalue weighted by Crippen LogP contribution is -2.42. The third kappa shape index (κ3) is 4.46. The second-order valence-electron chi connectivity index (χ2n) is 7.09. The van der Waals surface area contributed by atoms with Crippen LogP contribution in [0.15, 0.2) is 42.2 Å². The summed E-state index contributed by atoms with van der Waals surface area (Å²) in [5.41, 5.74) is 0.748. The number of aliphatic hydroxyl groups excluding tert-OH is 1. The summed E-state index contributed by atoms with van der Waals surface area (Å²) in [6, 6.07) is 9.40. The smallest absolute Gasteiger partial charge is 0.290 e. The van der Waals surface area contributed by atoms with Crippen molar-refractivity contribution in [3.63, 3.8) is 0 Å². The van der Waals surface area contributed by atoms with Crippen LogP contribution in [0.1, 0.15) is 39.0 Å². The van der Waals surface area contributed by atoms with E-state index in [0.717, 1.165) is 18.5 Å². The van der Waals surface area contributed by atoms with Crippen LogP contribution in [-0.2, 0) is 14.3 Å². The van der Waals surface area contributed by atoms with Gasteiger partial charge in [-0.3, -0.25) is 4.79 Å². The molecule has 1 fully saturated rings. The Bertz CT molecular complexity index is 612. The number of aliphatic hydroxyl groups is 1. The molecule has 0 saturated heterocycles. The number of para-hydroxylation sites is 1. The molecule has 0 bridgehead atoms. The minimum Gasteiger partial charge on any atom is -0.459 e. The van der Waals surface area contributed by atoms with Gasteiger partial charge in [-0.25, -0.2) is 0 Å². The second-order valence-corrected chi connectivity index (χ2v) is 7.09. The lowest BCUT2D eigenvalue weighted by molar-refractivity contribution is -0.177. The predicted octanol–water partition coefficient (Wildman–Crippen LogP) is 3.71. The van der Waals surface area contributed by atoms with E-state index in [1.165, 1.54) is 19.3 Å². The monoisotopic (exact) mass is 359 g/mol. The molecule has 3 atom stereocenters. The molecule has 1 saturated carbocycles. The van der Waals surface area contributed by atoms with Gasteiger partial charge in [0.1, 0.15) is 0 Å². The highest BCUT2D eigenvalue weighted by Crippen LogP contribution is 2.44. The highest BCUT2D eigenvalue weighted by atomic mass is 16.7. The van der Waals surface area contributed by atoms with Crippen LogP contribution >= 0.6 is 0 Å². The number of ether oxygens (including phenoxy) is 2. The van der Waals surface area contributed by atoms with E-state index in [-0.39, 0.29) is 24.3 Å². The molecule has 142 valence electrons. The fraction of sp³-hybridized carbons (Fsp3) is 0.571. The predicted molar refractivity (Wildman–Crippen MR) is 100 cm³/mol. The molecule has 5 nitrogen and oxygen atoms in total. The van der Waals surface area contributed by atoms with Gasteiger partial charge in [0.05, 0.1) is 0 Å². The number of hydrogen-bond donors (Lipinski definition) is 2. The van der Waals surface area contributed by atoms with Crippen LogP contribution in [-0.4, -0.2) is 30.5 Å². The number of benzene rings is 1. The van der Waals surface area contributed by atoms with Gasteiger partial charge in [0.15, 0.2) is 5.76 Å². The van der Waals surface area contributed by atoms with Crippen molar-refractivity contribution in [2.24, 2.45) is 17.8 Å². The molecule has 3 rings (SSSR count). The van der Waals surface area contributed by atoms with E-state index < -0.39 is 6.29 Å². The molecule has 5 heteroatoms. The molecular formula is C21H29NO4. The van der Waals surface area contributed by atoms with Gasteiger partial charge in [-0.15, -0.1) is 0 Å². The van der Waals surface area contributed by atoms with Crippen molar-refractivity contribution < 1.29 is 19.4 Å². The maximum absolute atomic E-state index is 12.7. The molecule has 1 aromatic carbocycles. The van der Waals surface area contributed by atoms with Gasteiger partial charge in [0.2, 0.25) is 6.29 Å². The van der Waals surface area contributed by atoms with E-state index in [0.29, 0.717) is 18.3 Å². The van der Waals surface area contributed by atoms with Crippen molar-refractivity contribution in [2.45, 2.75) is 45.3 Å². The van der Waals surface area contributed by atoms with Crippen molar-refractivity contribution in [1.29, 1.82) is 0 Å². The zero-order valence-electron chi connectivity index (χ0n) is 15.4. The van der Waals surface area contributed by atoms with Crippen LogP contribution in [0.4, 0.5) is 5.69 Å². The molecule has 0 unspecified atom stereocenters. The zero-order chi connectivity index (χ0) is 18.4. The van der Waals surface area contributed by atoms with E-state index in [2.05, 4.69) is 5.32 Å². The largest absolute Gasteiger partial charge is 0.459 e. The normalized spacial score (nSPS) is 25.8. The van der Waals surface area contributed by atoms with Crippen LogP contribution in [0.2, 0.25) is 0 Å². The molecule has 1 aromatic rings. The van der Waals surface area contributed by atoms with Gasteiger partial charge in [-0.1, -0.05) is 24.6 Å². The number of nitrogens with one attached hydrogen (secondary N) is 1. The number of carbonyl (C=O) groups is 1. The summed E-state index contributed by atoms with van der Waals surface area (Å²) in [7, 11) is 0. The Kier molecular flexibility index (Phi) is 6.69. The quantitative estimate of drug-likeness (QED) is 0.742. The molecule has 0 aromatic heterocycles. The fourth-order valence-electron chi connectivity index (χ4n) is 3.86. The second kappa shape index (κ2) is 9.19. The molecule has 0 spiro atoms. The van der Waals surface area contributed by atoms with Crippen LogP contribution in [0.25, 0.3) is 0 Å². The Morgan fingerprint density at radius 3 is 2.69 bits per heavy atom. The molecule has 1 aliphatic heterocycles. The van der Waals surface area contributed by atoms with E-state index in [9.17, 15) is 9.90 Å². The number of amides is 1. The Morgan fingerprint density at radius 2 is 2.08 bits per heavy atom. The molecule has 26 heavy (non-hydrogen) atoms. The van der Waals surface area contributed by atoms with Crippen LogP contribution in [0, 0.1) is 17.8 Å². The van der Waals surface area contributed by atoms with Gasteiger partial charge in [0, 0.05) is 24.8 Å². The van der Waals surface area contributed by atoms with E-state index in [4.69, 9.17) is 9.47 Å². The van der Waals surface area contributed by atoms with Crippen molar-refractivity contribution in [1.82, 2.24) is 0 Å². The lowest BCUT2D eigenvalue weighted by Gasteiger charge is -2.43. The summed E-state index contributed by atoms with van der Waals surface area (Å²) in [6.07, 6.45) is 6.74. The van der Waals surface area contributed by atoms with Gasteiger partial charge < -0.3 is 19.9 Å². The molecule has 1 heterocycles.